The predicted molar refractivity (Wildman–Crippen MR) is 104 cm³/mol. The SMILES string of the molecule is Cn1nc(C(=O)Nc2ccc3c(c2)OCCO3)cc1NC(=O)C1CCCCC1. The van der Waals surface area contributed by atoms with Gasteiger partial charge in [0.2, 0.25) is 5.91 Å². The van der Waals surface area contributed by atoms with E-state index in [1.807, 2.05) is 0 Å². The number of ether oxygens (including phenoxy) is 2. The molecule has 0 bridgehead atoms. The van der Waals surface area contributed by atoms with Gasteiger partial charge in [0.1, 0.15) is 19.0 Å². The van der Waals surface area contributed by atoms with Crippen LogP contribution >= 0.6 is 0 Å². The van der Waals surface area contributed by atoms with Crippen molar-refractivity contribution in [2.45, 2.75) is 32.1 Å². The van der Waals surface area contributed by atoms with E-state index in [2.05, 4.69) is 15.7 Å². The molecular weight excluding hydrogens is 360 g/mol. The quantitative estimate of drug-likeness (QED) is 0.845. The van der Waals surface area contributed by atoms with E-state index in [-0.39, 0.29) is 23.4 Å². The Balaban J connectivity index is 1.42. The fraction of sp³-hybridized carbons (Fsp3) is 0.450. The van der Waals surface area contributed by atoms with E-state index in [0.29, 0.717) is 36.2 Å². The highest BCUT2D eigenvalue weighted by atomic mass is 16.6. The Bertz CT molecular complexity index is 886. The van der Waals surface area contributed by atoms with E-state index in [9.17, 15) is 9.59 Å². The van der Waals surface area contributed by atoms with Crippen molar-refractivity contribution in [2.24, 2.45) is 13.0 Å². The summed E-state index contributed by atoms with van der Waals surface area (Å²) in [5.74, 6) is 1.47. The molecule has 1 aliphatic heterocycles. The molecule has 2 N–H and O–H groups in total. The normalized spacial score (nSPS) is 16.5. The van der Waals surface area contributed by atoms with Crippen LogP contribution in [-0.2, 0) is 11.8 Å². The number of carbonyl (C=O) groups excluding carboxylic acids is 2. The topological polar surface area (TPSA) is 94.5 Å². The molecule has 1 aliphatic carbocycles. The summed E-state index contributed by atoms with van der Waals surface area (Å²) in [6.45, 7) is 0.997. The molecule has 2 aliphatic rings. The molecule has 1 aromatic heterocycles. The summed E-state index contributed by atoms with van der Waals surface area (Å²) in [6, 6.07) is 6.83. The Labute approximate surface area is 163 Å². The molecule has 8 heteroatoms. The predicted octanol–water partition coefficient (Wildman–Crippen LogP) is 2.96. The van der Waals surface area contributed by atoms with Crippen LogP contribution in [0.25, 0.3) is 0 Å². The van der Waals surface area contributed by atoms with Gasteiger partial charge in [0.15, 0.2) is 17.2 Å². The van der Waals surface area contributed by atoms with Crippen LogP contribution in [-0.4, -0.2) is 34.8 Å². The van der Waals surface area contributed by atoms with Crippen LogP contribution in [0.1, 0.15) is 42.6 Å². The van der Waals surface area contributed by atoms with E-state index in [4.69, 9.17) is 9.47 Å². The number of aromatic nitrogens is 2. The zero-order chi connectivity index (χ0) is 19.5. The fourth-order valence-electron chi connectivity index (χ4n) is 3.60. The number of hydrogen-bond donors (Lipinski definition) is 2. The van der Waals surface area contributed by atoms with Gasteiger partial charge in [-0.05, 0) is 25.0 Å². The number of anilines is 2. The number of fused-ring (bicyclic) bond motifs is 1. The van der Waals surface area contributed by atoms with E-state index >= 15 is 0 Å². The Morgan fingerprint density at radius 2 is 1.79 bits per heavy atom. The number of nitrogens with one attached hydrogen (secondary N) is 2. The van der Waals surface area contributed by atoms with Gasteiger partial charge in [-0.1, -0.05) is 19.3 Å². The van der Waals surface area contributed by atoms with Crippen LogP contribution in [0.15, 0.2) is 24.3 Å². The fourth-order valence-corrected chi connectivity index (χ4v) is 3.60. The minimum atomic E-state index is -0.356. The lowest BCUT2D eigenvalue weighted by Gasteiger charge is -2.20. The van der Waals surface area contributed by atoms with Crippen molar-refractivity contribution in [1.82, 2.24) is 9.78 Å². The number of benzene rings is 1. The summed E-state index contributed by atoms with van der Waals surface area (Å²) in [5.41, 5.74) is 0.823. The number of carbonyl (C=O) groups is 2. The second-order valence-electron chi connectivity index (χ2n) is 7.18. The first-order valence-corrected chi connectivity index (χ1v) is 9.66. The molecule has 1 aromatic carbocycles. The summed E-state index contributed by atoms with van der Waals surface area (Å²) in [7, 11) is 1.71. The molecule has 148 valence electrons. The first-order valence-electron chi connectivity index (χ1n) is 9.66. The van der Waals surface area contributed by atoms with Gasteiger partial charge in [-0.2, -0.15) is 5.10 Å². The highest BCUT2D eigenvalue weighted by Gasteiger charge is 2.23. The molecule has 0 radical (unpaired) electrons. The molecule has 2 aromatic rings. The zero-order valence-electron chi connectivity index (χ0n) is 15.9. The summed E-state index contributed by atoms with van der Waals surface area (Å²) >= 11 is 0. The lowest BCUT2D eigenvalue weighted by atomic mass is 9.89. The van der Waals surface area contributed by atoms with Crippen molar-refractivity contribution >= 4 is 23.3 Å². The van der Waals surface area contributed by atoms with Crippen LogP contribution in [0.3, 0.4) is 0 Å². The van der Waals surface area contributed by atoms with Crippen molar-refractivity contribution in [2.75, 3.05) is 23.8 Å². The van der Waals surface area contributed by atoms with E-state index < -0.39 is 0 Å². The molecule has 28 heavy (non-hydrogen) atoms. The summed E-state index contributed by atoms with van der Waals surface area (Å²) in [4.78, 5) is 25.0. The Morgan fingerprint density at radius 3 is 2.57 bits per heavy atom. The van der Waals surface area contributed by atoms with Gasteiger partial charge in [-0.3, -0.25) is 14.3 Å². The van der Waals surface area contributed by atoms with Crippen LogP contribution < -0.4 is 20.1 Å². The molecule has 2 heterocycles. The molecular formula is C20H24N4O4. The molecule has 0 unspecified atom stereocenters. The number of rotatable bonds is 4. The standard InChI is InChI=1S/C20H24N4O4/c1-24-18(22-19(25)13-5-3-2-4-6-13)12-15(23-24)20(26)21-14-7-8-16-17(11-14)28-10-9-27-16/h7-8,11-13H,2-6,9-10H2,1H3,(H,21,26)(H,22,25). The Hall–Kier alpha value is -3.03. The molecule has 0 spiro atoms. The number of amides is 2. The summed E-state index contributed by atoms with van der Waals surface area (Å²) in [5, 5.41) is 9.93. The maximum Gasteiger partial charge on any atom is 0.276 e. The molecule has 0 atom stereocenters. The molecule has 2 amide bonds. The van der Waals surface area contributed by atoms with Gasteiger partial charge < -0.3 is 20.1 Å². The second kappa shape index (κ2) is 7.92. The molecule has 4 rings (SSSR count). The van der Waals surface area contributed by atoms with Crippen LogP contribution in [0, 0.1) is 5.92 Å². The minimum Gasteiger partial charge on any atom is -0.486 e. The van der Waals surface area contributed by atoms with Gasteiger partial charge in [-0.15, -0.1) is 0 Å². The van der Waals surface area contributed by atoms with Crippen molar-refractivity contribution in [1.29, 1.82) is 0 Å². The van der Waals surface area contributed by atoms with Gasteiger partial charge in [0, 0.05) is 30.8 Å². The third-order valence-corrected chi connectivity index (χ3v) is 5.14. The highest BCUT2D eigenvalue weighted by molar-refractivity contribution is 6.04. The van der Waals surface area contributed by atoms with Crippen molar-refractivity contribution in [3.63, 3.8) is 0 Å². The van der Waals surface area contributed by atoms with Crippen molar-refractivity contribution in [3.05, 3.63) is 30.0 Å². The lowest BCUT2D eigenvalue weighted by Crippen LogP contribution is -2.25. The van der Waals surface area contributed by atoms with Crippen molar-refractivity contribution < 1.29 is 19.1 Å². The first kappa shape index (κ1) is 18.3. The third kappa shape index (κ3) is 3.95. The monoisotopic (exact) mass is 384 g/mol. The van der Waals surface area contributed by atoms with E-state index in [1.165, 1.54) is 11.1 Å². The summed E-state index contributed by atoms with van der Waals surface area (Å²) < 4.78 is 12.5. The van der Waals surface area contributed by atoms with Crippen molar-refractivity contribution in [3.8, 4) is 11.5 Å². The maximum atomic E-state index is 12.6. The number of aryl methyl sites for hydroxylation is 1. The lowest BCUT2D eigenvalue weighted by molar-refractivity contribution is -0.120. The maximum absolute atomic E-state index is 12.6. The largest absolute Gasteiger partial charge is 0.486 e. The average Bonchev–Trinajstić information content (AvgIpc) is 3.09. The highest BCUT2D eigenvalue weighted by Crippen LogP contribution is 2.32. The zero-order valence-corrected chi connectivity index (χ0v) is 15.9. The minimum absolute atomic E-state index is 0.00138. The third-order valence-electron chi connectivity index (χ3n) is 5.14. The number of hydrogen-bond acceptors (Lipinski definition) is 5. The van der Waals surface area contributed by atoms with Gasteiger partial charge in [0.05, 0.1) is 0 Å². The second-order valence-corrected chi connectivity index (χ2v) is 7.18. The molecule has 1 fully saturated rings. The summed E-state index contributed by atoms with van der Waals surface area (Å²) in [6.07, 6.45) is 5.21. The number of nitrogens with zero attached hydrogens (tertiary/aromatic N) is 2. The molecule has 0 saturated heterocycles. The van der Waals surface area contributed by atoms with Crippen LogP contribution in [0.2, 0.25) is 0 Å². The van der Waals surface area contributed by atoms with Crippen LogP contribution in [0.4, 0.5) is 11.5 Å². The smallest absolute Gasteiger partial charge is 0.276 e. The van der Waals surface area contributed by atoms with E-state index in [1.54, 1.807) is 31.3 Å². The van der Waals surface area contributed by atoms with Gasteiger partial charge in [0.25, 0.3) is 5.91 Å². The average molecular weight is 384 g/mol. The van der Waals surface area contributed by atoms with E-state index in [0.717, 1.165) is 25.7 Å². The Kier molecular flexibility index (Phi) is 5.18. The van der Waals surface area contributed by atoms with Crippen LogP contribution in [0.5, 0.6) is 11.5 Å². The first-order chi connectivity index (χ1) is 13.6. The van der Waals surface area contributed by atoms with Gasteiger partial charge in [-0.25, -0.2) is 0 Å². The molecule has 8 nitrogen and oxygen atoms in total. The Morgan fingerprint density at radius 1 is 1.04 bits per heavy atom. The molecule has 1 saturated carbocycles. The van der Waals surface area contributed by atoms with Gasteiger partial charge >= 0.3 is 0 Å².